The van der Waals surface area contributed by atoms with Gasteiger partial charge in [-0.2, -0.15) is 0 Å². The van der Waals surface area contributed by atoms with Gasteiger partial charge in [-0.05, 0) is 43.9 Å². The molecular formula is C16H23ClN2O2. The molecule has 1 fully saturated rings. The Morgan fingerprint density at radius 1 is 1.43 bits per heavy atom. The van der Waals surface area contributed by atoms with Crippen molar-refractivity contribution in [3.63, 3.8) is 0 Å². The molecule has 1 aromatic rings. The highest BCUT2D eigenvalue weighted by Crippen LogP contribution is 2.28. The molecule has 3 atom stereocenters. The van der Waals surface area contributed by atoms with E-state index in [1.165, 1.54) is 19.3 Å². The average molecular weight is 311 g/mol. The first-order valence-electron chi connectivity index (χ1n) is 7.48. The molecule has 0 radical (unpaired) electrons. The van der Waals surface area contributed by atoms with Crippen molar-refractivity contribution in [2.24, 2.45) is 5.92 Å². The van der Waals surface area contributed by atoms with E-state index in [0.717, 1.165) is 6.42 Å². The molecule has 1 saturated carbocycles. The maximum atomic E-state index is 12.2. The molecule has 1 amide bonds. The second-order valence-electron chi connectivity index (χ2n) is 5.80. The number of amides is 1. The number of hydrogen-bond donors (Lipinski definition) is 2. The molecule has 0 bridgehead atoms. The normalized spacial score (nSPS) is 23.6. The molecular weight excluding hydrogens is 288 g/mol. The van der Waals surface area contributed by atoms with Crippen LogP contribution in [0.1, 0.15) is 39.5 Å². The Balaban J connectivity index is 1.94. The Bertz CT molecular complexity index is 507. The Morgan fingerprint density at radius 2 is 2.14 bits per heavy atom. The molecule has 3 N–H and O–H groups in total. The average Bonchev–Trinajstić information content (AvgIpc) is 2.45. The van der Waals surface area contributed by atoms with Crippen LogP contribution in [0.25, 0.3) is 0 Å². The van der Waals surface area contributed by atoms with Crippen LogP contribution in [0, 0.1) is 5.92 Å². The van der Waals surface area contributed by atoms with Crippen LogP contribution >= 0.6 is 11.6 Å². The minimum Gasteiger partial charge on any atom is -0.397 e. The van der Waals surface area contributed by atoms with Crippen LogP contribution in [-0.4, -0.2) is 18.1 Å². The number of nitrogens with two attached hydrogens (primary N) is 1. The summed E-state index contributed by atoms with van der Waals surface area (Å²) in [5.41, 5.74) is 6.85. The fraction of sp³-hybridized carbons (Fsp3) is 0.562. The third kappa shape index (κ3) is 4.35. The summed E-state index contributed by atoms with van der Waals surface area (Å²) in [7, 11) is 0. The topological polar surface area (TPSA) is 64.3 Å². The summed E-state index contributed by atoms with van der Waals surface area (Å²) in [6.45, 7) is 3.96. The number of rotatable bonds is 4. The van der Waals surface area contributed by atoms with Gasteiger partial charge in [-0.3, -0.25) is 4.79 Å². The molecule has 0 heterocycles. The predicted molar refractivity (Wildman–Crippen MR) is 86.5 cm³/mol. The van der Waals surface area contributed by atoms with Crippen molar-refractivity contribution >= 4 is 28.9 Å². The van der Waals surface area contributed by atoms with E-state index in [0.29, 0.717) is 22.3 Å². The van der Waals surface area contributed by atoms with Gasteiger partial charge in [0.05, 0.1) is 17.5 Å². The van der Waals surface area contributed by atoms with Crippen LogP contribution in [0.15, 0.2) is 18.2 Å². The molecule has 0 spiro atoms. The molecule has 3 unspecified atom stereocenters. The van der Waals surface area contributed by atoms with E-state index < -0.39 is 6.10 Å². The maximum absolute atomic E-state index is 12.2. The van der Waals surface area contributed by atoms with E-state index >= 15 is 0 Å². The van der Waals surface area contributed by atoms with E-state index in [2.05, 4.69) is 12.2 Å². The Hall–Kier alpha value is -1.26. The standard InChI is InChI=1S/C16H23ClN2O2/c1-10-5-3-4-6-15(10)21-11(2)16(20)19-14-9-12(17)7-8-13(14)18/h7-11,15H,3-6,18H2,1-2H3,(H,19,20). The van der Waals surface area contributed by atoms with Crippen molar-refractivity contribution in [2.45, 2.75) is 51.7 Å². The summed E-state index contributed by atoms with van der Waals surface area (Å²) < 4.78 is 5.92. The molecule has 116 valence electrons. The molecule has 1 aliphatic rings. The summed E-state index contributed by atoms with van der Waals surface area (Å²) >= 11 is 5.92. The van der Waals surface area contributed by atoms with Gasteiger partial charge < -0.3 is 15.8 Å². The van der Waals surface area contributed by atoms with Gasteiger partial charge in [0.15, 0.2) is 0 Å². The number of ether oxygens (including phenoxy) is 1. The van der Waals surface area contributed by atoms with Gasteiger partial charge in [0.25, 0.3) is 5.91 Å². The molecule has 2 rings (SSSR count). The van der Waals surface area contributed by atoms with E-state index in [9.17, 15) is 4.79 Å². The summed E-state index contributed by atoms with van der Waals surface area (Å²) in [6.07, 6.45) is 4.27. The smallest absolute Gasteiger partial charge is 0.253 e. The fourth-order valence-corrected chi connectivity index (χ4v) is 2.85. The van der Waals surface area contributed by atoms with Gasteiger partial charge >= 0.3 is 0 Å². The molecule has 4 nitrogen and oxygen atoms in total. The van der Waals surface area contributed by atoms with Gasteiger partial charge in [0.2, 0.25) is 0 Å². The first-order chi connectivity index (χ1) is 9.97. The van der Waals surface area contributed by atoms with Gasteiger partial charge in [0, 0.05) is 5.02 Å². The Kier molecular flexibility index (Phi) is 5.48. The minimum atomic E-state index is -0.506. The van der Waals surface area contributed by atoms with E-state index in [1.54, 1.807) is 25.1 Å². The number of halogens is 1. The monoisotopic (exact) mass is 310 g/mol. The van der Waals surface area contributed by atoms with E-state index in [4.69, 9.17) is 22.1 Å². The highest BCUT2D eigenvalue weighted by molar-refractivity contribution is 6.31. The van der Waals surface area contributed by atoms with Crippen LogP contribution in [0.5, 0.6) is 0 Å². The lowest BCUT2D eigenvalue weighted by atomic mass is 9.88. The van der Waals surface area contributed by atoms with Crippen LogP contribution in [-0.2, 0) is 9.53 Å². The van der Waals surface area contributed by atoms with Crippen LogP contribution in [0.3, 0.4) is 0 Å². The fourth-order valence-electron chi connectivity index (χ4n) is 2.68. The van der Waals surface area contributed by atoms with Crippen molar-refractivity contribution in [2.75, 3.05) is 11.1 Å². The zero-order valence-electron chi connectivity index (χ0n) is 12.6. The van der Waals surface area contributed by atoms with E-state index in [-0.39, 0.29) is 12.0 Å². The Labute approximate surface area is 131 Å². The number of anilines is 2. The molecule has 0 aliphatic heterocycles. The zero-order chi connectivity index (χ0) is 15.4. The first kappa shape index (κ1) is 16.1. The highest BCUT2D eigenvalue weighted by atomic mass is 35.5. The molecule has 0 aromatic heterocycles. The number of carbonyl (C=O) groups is 1. The van der Waals surface area contributed by atoms with Gasteiger partial charge in [-0.25, -0.2) is 0 Å². The lowest BCUT2D eigenvalue weighted by molar-refractivity contribution is -0.133. The predicted octanol–water partition coefficient (Wildman–Crippen LogP) is 3.84. The SMILES string of the molecule is CC(OC1CCCCC1C)C(=O)Nc1cc(Cl)ccc1N. The first-order valence-corrected chi connectivity index (χ1v) is 7.86. The van der Waals surface area contributed by atoms with Crippen LogP contribution < -0.4 is 11.1 Å². The lowest BCUT2D eigenvalue weighted by Crippen LogP contribution is -2.35. The molecule has 1 aromatic carbocycles. The second kappa shape index (κ2) is 7.14. The number of hydrogen-bond acceptors (Lipinski definition) is 3. The molecule has 1 aliphatic carbocycles. The largest absolute Gasteiger partial charge is 0.397 e. The van der Waals surface area contributed by atoms with Gasteiger partial charge in [0.1, 0.15) is 6.10 Å². The van der Waals surface area contributed by atoms with Crippen LogP contribution in [0.4, 0.5) is 11.4 Å². The van der Waals surface area contributed by atoms with Gasteiger partial charge in [-0.15, -0.1) is 0 Å². The van der Waals surface area contributed by atoms with Crippen molar-refractivity contribution in [3.05, 3.63) is 23.2 Å². The Morgan fingerprint density at radius 3 is 2.86 bits per heavy atom. The summed E-state index contributed by atoms with van der Waals surface area (Å²) in [6, 6.07) is 5.01. The summed E-state index contributed by atoms with van der Waals surface area (Å²) in [4.78, 5) is 12.2. The number of carbonyl (C=O) groups excluding carboxylic acids is 1. The lowest BCUT2D eigenvalue weighted by Gasteiger charge is -2.30. The second-order valence-corrected chi connectivity index (χ2v) is 6.24. The number of benzene rings is 1. The summed E-state index contributed by atoms with van der Waals surface area (Å²) in [5, 5.41) is 3.32. The molecule has 21 heavy (non-hydrogen) atoms. The van der Waals surface area contributed by atoms with E-state index in [1.807, 2.05) is 0 Å². The molecule has 5 heteroatoms. The highest BCUT2D eigenvalue weighted by Gasteiger charge is 2.26. The number of nitrogens with one attached hydrogen (secondary N) is 1. The summed E-state index contributed by atoms with van der Waals surface area (Å²) in [5.74, 6) is 0.312. The van der Waals surface area contributed by atoms with Crippen molar-refractivity contribution in [1.82, 2.24) is 0 Å². The third-order valence-corrected chi connectivity index (χ3v) is 4.29. The minimum absolute atomic E-state index is 0.163. The number of nitrogen functional groups attached to an aromatic ring is 1. The van der Waals surface area contributed by atoms with Crippen molar-refractivity contribution < 1.29 is 9.53 Å². The zero-order valence-corrected chi connectivity index (χ0v) is 13.3. The van der Waals surface area contributed by atoms with Crippen molar-refractivity contribution in [1.29, 1.82) is 0 Å². The third-order valence-electron chi connectivity index (χ3n) is 4.05. The molecule has 0 saturated heterocycles. The van der Waals surface area contributed by atoms with Gasteiger partial charge in [-0.1, -0.05) is 31.4 Å². The van der Waals surface area contributed by atoms with Crippen molar-refractivity contribution in [3.8, 4) is 0 Å². The quantitative estimate of drug-likeness (QED) is 0.830. The van der Waals surface area contributed by atoms with Crippen LogP contribution in [0.2, 0.25) is 5.02 Å². The maximum Gasteiger partial charge on any atom is 0.253 e.